The van der Waals surface area contributed by atoms with Gasteiger partial charge in [0.2, 0.25) is 5.91 Å². The molecule has 1 heterocycles. The highest BCUT2D eigenvalue weighted by Gasteiger charge is 2.37. The minimum Gasteiger partial charge on any atom is -0.457 e. The number of carbonyl (C=O) groups excluding carboxylic acids is 3. The van der Waals surface area contributed by atoms with Crippen LogP contribution in [0.5, 0.6) is 11.5 Å². The maximum atomic E-state index is 12.6. The number of Topliss-reactive ketones (excluding diaryl/α,β-unsaturated/α-hetero) is 1. The van der Waals surface area contributed by atoms with Crippen LogP contribution in [0.4, 0.5) is 11.4 Å². The molecule has 9 nitrogen and oxygen atoms in total. The molecule has 0 unspecified atom stereocenters. The standard InChI is InChI=1S/C27H24N2O7/c1-17-4-3-5-18(2)26(17)28-15-20(14-25(28)31)27(32)35-16-24(30)19-6-10-22(11-7-19)36-23-12-8-21(9-13-23)29(33)34/h3-13,20H,14-16H2,1-2H3/t20-/m1/s1. The molecule has 0 spiro atoms. The maximum absolute atomic E-state index is 12.6. The minimum atomic E-state index is -0.637. The number of nitrogens with zero attached hydrogens (tertiary/aromatic N) is 2. The van der Waals surface area contributed by atoms with Gasteiger partial charge in [0, 0.05) is 36.3 Å². The lowest BCUT2D eigenvalue weighted by molar-refractivity contribution is -0.384. The van der Waals surface area contributed by atoms with Crippen molar-refractivity contribution in [3.8, 4) is 11.5 Å². The molecule has 0 bridgehead atoms. The Hall–Kier alpha value is -4.53. The largest absolute Gasteiger partial charge is 0.457 e. The predicted molar refractivity (Wildman–Crippen MR) is 131 cm³/mol. The number of amides is 1. The summed E-state index contributed by atoms with van der Waals surface area (Å²) in [6.45, 7) is 3.62. The fourth-order valence-electron chi connectivity index (χ4n) is 4.13. The molecule has 3 aromatic rings. The van der Waals surface area contributed by atoms with Gasteiger partial charge >= 0.3 is 5.97 Å². The third-order valence-corrected chi connectivity index (χ3v) is 5.97. The second-order valence-corrected chi connectivity index (χ2v) is 8.55. The zero-order chi connectivity index (χ0) is 25.8. The first-order chi connectivity index (χ1) is 17.2. The number of non-ortho nitro benzene ring substituents is 1. The van der Waals surface area contributed by atoms with Crippen molar-refractivity contribution in [2.45, 2.75) is 20.3 Å². The second kappa shape index (κ2) is 10.4. The number of nitro groups is 1. The summed E-state index contributed by atoms with van der Waals surface area (Å²) in [6.07, 6.45) is 0.0372. The number of benzene rings is 3. The van der Waals surface area contributed by atoms with E-state index in [-0.39, 0.29) is 30.3 Å². The van der Waals surface area contributed by atoms with Crippen molar-refractivity contribution in [2.24, 2.45) is 5.92 Å². The number of para-hydroxylation sites is 1. The number of aryl methyl sites for hydroxylation is 2. The summed E-state index contributed by atoms with van der Waals surface area (Å²) in [5.41, 5.74) is 3.00. The molecule has 184 valence electrons. The van der Waals surface area contributed by atoms with Crippen molar-refractivity contribution < 1.29 is 28.8 Å². The first-order valence-corrected chi connectivity index (χ1v) is 11.3. The third kappa shape index (κ3) is 5.41. The van der Waals surface area contributed by atoms with Gasteiger partial charge < -0.3 is 14.4 Å². The lowest BCUT2D eigenvalue weighted by Crippen LogP contribution is -2.28. The minimum absolute atomic E-state index is 0.0372. The van der Waals surface area contributed by atoms with E-state index < -0.39 is 23.4 Å². The van der Waals surface area contributed by atoms with Crippen LogP contribution in [-0.4, -0.2) is 35.7 Å². The number of hydrogen-bond donors (Lipinski definition) is 0. The van der Waals surface area contributed by atoms with Crippen LogP contribution in [0.15, 0.2) is 66.7 Å². The average Bonchev–Trinajstić information content (AvgIpc) is 3.24. The Labute approximate surface area is 207 Å². The second-order valence-electron chi connectivity index (χ2n) is 8.55. The quantitative estimate of drug-likeness (QED) is 0.194. The molecule has 0 N–H and O–H groups in total. The van der Waals surface area contributed by atoms with E-state index in [4.69, 9.17) is 9.47 Å². The van der Waals surface area contributed by atoms with Gasteiger partial charge in [-0.25, -0.2) is 0 Å². The van der Waals surface area contributed by atoms with Crippen LogP contribution < -0.4 is 9.64 Å². The summed E-state index contributed by atoms with van der Waals surface area (Å²) in [4.78, 5) is 49.5. The van der Waals surface area contributed by atoms with Crippen molar-refractivity contribution >= 4 is 29.0 Å². The predicted octanol–water partition coefficient (Wildman–Crippen LogP) is 4.78. The van der Waals surface area contributed by atoms with Gasteiger partial charge in [-0.1, -0.05) is 18.2 Å². The number of ether oxygens (including phenoxy) is 2. The van der Waals surface area contributed by atoms with Crippen molar-refractivity contribution in [1.82, 2.24) is 0 Å². The molecule has 0 saturated carbocycles. The van der Waals surface area contributed by atoms with E-state index in [1.165, 1.54) is 24.3 Å². The number of rotatable bonds is 8. The molecule has 4 rings (SSSR count). The summed E-state index contributed by atoms with van der Waals surface area (Å²) >= 11 is 0. The smallest absolute Gasteiger partial charge is 0.311 e. The van der Waals surface area contributed by atoms with E-state index in [1.54, 1.807) is 29.2 Å². The van der Waals surface area contributed by atoms with E-state index in [0.717, 1.165) is 16.8 Å². The lowest BCUT2D eigenvalue weighted by atomic mass is 10.1. The topological polar surface area (TPSA) is 116 Å². The molecule has 0 aromatic heterocycles. The molecule has 36 heavy (non-hydrogen) atoms. The molecule has 0 aliphatic carbocycles. The Morgan fingerprint density at radius 3 is 2.14 bits per heavy atom. The van der Waals surface area contributed by atoms with Crippen LogP contribution in [0.1, 0.15) is 27.9 Å². The van der Waals surface area contributed by atoms with Crippen LogP contribution in [0.3, 0.4) is 0 Å². The van der Waals surface area contributed by atoms with Gasteiger partial charge in [-0.05, 0) is 61.4 Å². The van der Waals surface area contributed by atoms with E-state index >= 15 is 0 Å². The van der Waals surface area contributed by atoms with Gasteiger partial charge in [-0.3, -0.25) is 24.5 Å². The fraction of sp³-hybridized carbons (Fsp3) is 0.222. The highest BCUT2D eigenvalue weighted by atomic mass is 16.6. The highest BCUT2D eigenvalue weighted by molar-refractivity contribution is 6.01. The molecule has 1 fully saturated rings. The SMILES string of the molecule is Cc1cccc(C)c1N1C[C@H](C(=O)OCC(=O)c2ccc(Oc3ccc([N+](=O)[O-])cc3)cc2)CC1=O. The van der Waals surface area contributed by atoms with Crippen molar-refractivity contribution in [3.63, 3.8) is 0 Å². The van der Waals surface area contributed by atoms with Gasteiger partial charge in [0.15, 0.2) is 12.4 Å². The van der Waals surface area contributed by atoms with Crippen LogP contribution in [0.25, 0.3) is 0 Å². The van der Waals surface area contributed by atoms with Gasteiger partial charge in [0.1, 0.15) is 11.5 Å². The number of hydrogen-bond acceptors (Lipinski definition) is 7. The summed E-state index contributed by atoms with van der Waals surface area (Å²) in [5, 5.41) is 10.7. The van der Waals surface area contributed by atoms with Crippen LogP contribution in [0, 0.1) is 29.9 Å². The molecule has 1 aliphatic heterocycles. The van der Waals surface area contributed by atoms with Gasteiger partial charge in [0.25, 0.3) is 5.69 Å². The van der Waals surface area contributed by atoms with Gasteiger partial charge in [0.05, 0.1) is 10.8 Å². The Bertz CT molecular complexity index is 1300. The van der Waals surface area contributed by atoms with E-state index in [0.29, 0.717) is 17.1 Å². The molecule has 3 aromatic carbocycles. The highest BCUT2D eigenvalue weighted by Crippen LogP contribution is 2.31. The molecular formula is C27H24N2O7. The average molecular weight is 488 g/mol. The number of anilines is 1. The van der Waals surface area contributed by atoms with E-state index in [9.17, 15) is 24.5 Å². The fourth-order valence-corrected chi connectivity index (χ4v) is 4.13. The third-order valence-electron chi connectivity index (χ3n) is 5.97. The van der Waals surface area contributed by atoms with Gasteiger partial charge in [-0.2, -0.15) is 0 Å². The zero-order valence-electron chi connectivity index (χ0n) is 19.8. The molecule has 1 amide bonds. The summed E-state index contributed by atoms with van der Waals surface area (Å²) in [5.74, 6) is -0.904. The van der Waals surface area contributed by atoms with Crippen molar-refractivity contribution in [1.29, 1.82) is 0 Å². The molecule has 1 saturated heterocycles. The molecule has 1 atom stereocenters. The van der Waals surface area contributed by atoms with Crippen molar-refractivity contribution in [3.05, 3.63) is 93.5 Å². The lowest BCUT2D eigenvalue weighted by Gasteiger charge is -2.21. The summed E-state index contributed by atoms with van der Waals surface area (Å²) in [7, 11) is 0. The summed E-state index contributed by atoms with van der Waals surface area (Å²) < 4.78 is 10.9. The first-order valence-electron chi connectivity index (χ1n) is 11.3. The van der Waals surface area contributed by atoms with Crippen LogP contribution in [0.2, 0.25) is 0 Å². The Balaban J connectivity index is 1.31. The number of carbonyl (C=O) groups is 3. The van der Waals surface area contributed by atoms with E-state index in [2.05, 4.69) is 0 Å². The number of ketones is 1. The van der Waals surface area contributed by atoms with Crippen LogP contribution in [-0.2, 0) is 14.3 Å². The number of nitro benzene ring substituents is 1. The maximum Gasteiger partial charge on any atom is 0.311 e. The number of esters is 1. The van der Waals surface area contributed by atoms with E-state index in [1.807, 2.05) is 32.0 Å². The first kappa shape index (κ1) is 24.6. The Kier molecular flexibility index (Phi) is 7.10. The molecule has 0 radical (unpaired) electrons. The molecule has 9 heteroatoms. The van der Waals surface area contributed by atoms with Crippen molar-refractivity contribution in [2.75, 3.05) is 18.1 Å². The Morgan fingerprint density at radius 2 is 1.56 bits per heavy atom. The van der Waals surface area contributed by atoms with Crippen LogP contribution >= 0.6 is 0 Å². The molecular weight excluding hydrogens is 464 g/mol. The molecule has 1 aliphatic rings. The van der Waals surface area contributed by atoms with Gasteiger partial charge in [-0.15, -0.1) is 0 Å². The Morgan fingerprint density at radius 1 is 0.972 bits per heavy atom. The zero-order valence-corrected chi connectivity index (χ0v) is 19.8. The monoisotopic (exact) mass is 488 g/mol. The summed E-state index contributed by atoms with van der Waals surface area (Å²) in [6, 6.07) is 17.6. The normalized spacial score (nSPS) is 15.0.